The van der Waals surface area contributed by atoms with Gasteiger partial charge in [-0.25, -0.2) is 13.8 Å². The number of nitro groups is 1. The lowest BCUT2D eigenvalue weighted by atomic mass is 10.1. The van der Waals surface area contributed by atoms with Gasteiger partial charge in [0.05, 0.1) is 18.5 Å². The van der Waals surface area contributed by atoms with E-state index >= 15 is 0 Å². The summed E-state index contributed by atoms with van der Waals surface area (Å²) >= 11 is 0. The number of alkyl halides is 5. The van der Waals surface area contributed by atoms with E-state index in [1.54, 1.807) is 0 Å². The molecule has 12 heteroatoms. The van der Waals surface area contributed by atoms with E-state index in [2.05, 4.69) is 14.5 Å². The van der Waals surface area contributed by atoms with Gasteiger partial charge in [0.25, 0.3) is 12.1 Å². The molecule has 0 amide bonds. The van der Waals surface area contributed by atoms with Gasteiger partial charge in [-0.3, -0.25) is 14.9 Å². The van der Waals surface area contributed by atoms with E-state index < -0.39 is 52.8 Å². The predicted molar refractivity (Wildman–Crippen MR) is 58.3 cm³/mol. The van der Waals surface area contributed by atoms with Gasteiger partial charge in [0, 0.05) is 6.20 Å². The largest absolute Gasteiger partial charge is 0.574 e. The Balaban J connectivity index is 3.54. The molecule has 0 bridgehead atoms. The van der Waals surface area contributed by atoms with Crippen molar-refractivity contribution in [1.29, 1.82) is 0 Å². The third-order valence-electron chi connectivity index (χ3n) is 2.32. The van der Waals surface area contributed by atoms with E-state index in [0.717, 1.165) is 7.11 Å². The first-order valence-corrected chi connectivity index (χ1v) is 5.33. The highest BCUT2D eigenvalue weighted by molar-refractivity contribution is 5.75. The second-order valence-corrected chi connectivity index (χ2v) is 3.70. The molecule has 0 aliphatic carbocycles. The molecule has 0 saturated heterocycles. The van der Waals surface area contributed by atoms with Crippen molar-refractivity contribution < 1.29 is 41.1 Å². The quantitative estimate of drug-likeness (QED) is 0.357. The summed E-state index contributed by atoms with van der Waals surface area (Å²) in [7, 11) is 0.864. The average molecular weight is 330 g/mol. The predicted octanol–water partition coefficient (Wildman–Crippen LogP) is 2.54. The van der Waals surface area contributed by atoms with Crippen LogP contribution in [0, 0.1) is 10.1 Å². The number of hydrogen-bond donors (Lipinski definition) is 0. The summed E-state index contributed by atoms with van der Waals surface area (Å²) in [5, 5.41) is 10.9. The molecular formula is C10H7F5N2O5. The van der Waals surface area contributed by atoms with Crippen LogP contribution in [0.1, 0.15) is 17.6 Å². The van der Waals surface area contributed by atoms with Crippen LogP contribution in [0.5, 0.6) is 5.88 Å². The molecule has 0 radical (unpaired) electrons. The summed E-state index contributed by atoms with van der Waals surface area (Å²) in [4.78, 5) is 23.7. The van der Waals surface area contributed by atoms with Crippen LogP contribution in [0.4, 0.5) is 27.6 Å². The molecule has 7 nitrogen and oxygen atoms in total. The molecule has 0 N–H and O–H groups in total. The first-order chi connectivity index (χ1) is 10.1. The Morgan fingerprint density at radius 1 is 1.45 bits per heavy atom. The number of pyridine rings is 1. The maximum atomic E-state index is 12.7. The van der Waals surface area contributed by atoms with Crippen molar-refractivity contribution >= 4 is 11.7 Å². The standard InChI is InChI=1S/C10H7F5N2O5/c1-21-6(18)2-4-7(17(19)20)5(8(11)12)3-16-9(4)22-10(13,14)15/h3,8H,2H2,1H3. The summed E-state index contributed by atoms with van der Waals surface area (Å²) in [5.74, 6) is -2.56. The van der Waals surface area contributed by atoms with Gasteiger partial charge in [-0.1, -0.05) is 0 Å². The average Bonchev–Trinajstić information content (AvgIpc) is 2.37. The van der Waals surface area contributed by atoms with E-state index in [1.165, 1.54) is 0 Å². The van der Waals surface area contributed by atoms with Crippen LogP contribution >= 0.6 is 0 Å². The molecule has 0 aliphatic rings. The summed E-state index contributed by atoms with van der Waals surface area (Å²) in [5.41, 5.74) is -3.67. The molecule has 1 aromatic rings. The number of methoxy groups -OCH3 is 1. The number of ether oxygens (including phenoxy) is 2. The van der Waals surface area contributed by atoms with Crippen LogP contribution in [0.25, 0.3) is 0 Å². The first-order valence-electron chi connectivity index (χ1n) is 5.33. The normalized spacial score (nSPS) is 11.4. The molecule has 1 rings (SSSR count). The SMILES string of the molecule is COC(=O)Cc1c(OC(F)(F)F)ncc(C(F)F)c1[N+](=O)[O-]. The highest BCUT2D eigenvalue weighted by Crippen LogP contribution is 2.37. The van der Waals surface area contributed by atoms with E-state index in [9.17, 15) is 36.9 Å². The number of rotatable bonds is 5. The zero-order valence-corrected chi connectivity index (χ0v) is 10.7. The highest BCUT2D eigenvalue weighted by atomic mass is 19.4. The van der Waals surface area contributed by atoms with Gasteiger partial charge < -0.3 is 9.47 Å². The van der Waals surface area contributed by atoms with Gasteiger partial charge in [-0.05, 0) is 0 Å². The van der Waals surface area contributed by atoms with Crippen molar-refractivity contribution in [2.24, 2.45) is 0 Å². The molecule has 0 fully saturated rings. The molecule has 0 saturated carbocycles. The van der Waals surface area contributed by atoms with Gasteiger partial charge in [0.1, 0.15) is 11.1 Å². The van der Waals surface area contributed by atoms with E-state index in [0.29, 0.717) is 0 Å². The minimum Gasteiger partial charge on any atom is -0.469 e. The molecule has 1 heterocycles. The minimum atomic E-state index is -5.28. The van der Waals surface area contributed by atoms with Crippen LogP contribution in [0.3, 0.4) is 0 Å². The van der Waals surface area contributed by atoms with E-state index in [4.69, 9.17) is 0 Å². The Morgan fingerprint density at radius 2 is 2.05 bits per heavy atom. The van der Waals surface area contributed by atoms with Crippen molar-refractivity contribution in [3.05, 3.63) is 27.4 Å². The maximum absolute atomic E-state index is 12.7. The Kier molecular flexibility index (Phi) is 5.17. The number of aromatic nitrogens is 1. The van der Waals surface area contributed by atoms with E-state index in [-0.39, 0.29) is 6.20 Å². The number of esters is 1. The van der Waals surface area contributed by atoms with Crippen molar-refractivity contribution in [2.45, 2.75) is 19.2 Å². The molecule has 0 atom stereocenters. The lowest BCUT2D eigenvalue weighted by Gasteiger charge is -2.13. The number of hydrogen-bond acceptors (Lipinski definition) is 6. The molecule has 122 valence electrons. The molecule has 0 aliphatic heterocycles. The Bertz CT molecular complexity index is 590. The van der Waals surface area contributed by atoms with Crippen LogP contribution in [0.15, 0.2) is 6.20 Å². The Hall–Kier alpha value is -2.53. The fourth-order valence-electron chi connectivity index (χ4n) is 1.49. The Morgan fingerprint density at radius 3 is 2.45 bits per heavy atom. The molecule has 1 aromatic heterocycles. The Labute approximate surface area is 118 Å². The van der Waals surface area contributed by atoms with Crippen molar-refractivity contribution in [2.75, 3.05) is 7.11 Å². The van der Waals surface area contributed by atoms with Crippen molar-refractivity contribution in [1.82, 2.24) is 4.98 Å². The van der Waals surface area contributed by atoms with Gasteiger partial charge in [0.15, 0.2) is 0 Å². The minimum absolute atomic E-state index is 0.185. The lowest BCUT2D eigenvalue weighted by molar-refractivity contribution is -0.387. The zero-order chi connectivity index (χ0) is 17.1. The molecular weight excluding hydrogens is 323 g/mol. The number of nitrogens with zero attached hydrogens (tertiary/aromatic N) is 2. The van der Waals surface area contributed by atoms with Crippen molar-refractivity contribution in [3.8, 4) is 5.88 Å². The van der Waals surface area contributed by atoms with Crippen LogP contribution in [-0.2, 0) is 16.0 Å². The second kappa shape index (κ2) is 6.49. The molecule has 0 aromatic carbocycles. The van der Waals surface area contributed by atoms with Crippen LogP contribution in [0.2, 0.25) is 0 Å². The number of carbonyl (C=O) groups excluding carboxylic acids is 1. The van der Waals surface area contributed by atoms with Crippen LogP contribution in [-0.4, -0.2) is 29.3 Å². The van der Waals surface area contributed by atoms with Crippen molar-refractivity contribution in [3.63, 3.8) is 0 Å². The van der Waals surface area contributed by atoms with Gasteiger partial charge in [-0.15, -0.1) is 13.2 Å². The van der Waals surface area contributed by atoms with E-state index in [1.807, 2.05) is 0 Å². The molecule has 0 spiro atoms. The van der Waals surface area contributed by atoms with Gasteiger partial charge >= 0.3 is 12.3 Å². The topological polar surface area (TPSA) is 91.6 Å². The molecule has 0 unspecified atom stereocenters. The lowest BCUT2D eigenvalue weighted by Crippen LogP contribution is -2.21. The maximum Gasteiger partial charge on any atom is 0.574 e. The summed E-state index contributed by atoms with van der Waals surface area (Å²) in [6, 6.07) is 0. The number of halogens is 5. The van der Waals surface area contributed by atoms with Crippen LogP contribution < -0.4 is 4.74 Å². The number of carbonyl (C=O) groups is 1. The fourth-order valence-corrected chi connectivity index (χ4v) is 1.49. The van der Waals surface area contributed by atoms with Gasteiger partial charge in [0.2, 0.25) is 5.88 Å². The highest BCUT2D eigenvalue weighted by Gasteiger charge is 2.37. The van der Waals surface area contributed by atoms with Gasteiger partial charge in [-0.2, -0.15) is 0 Å². The first kappa shape index (κ1) is 17.5. The molecule has 22 heavy (non-hydrogen) atoms. The summed E-state index contributed by atoms with van der Waals surface area (Å²) in [6.45, 7) is 0. The summed E-state index contributed by atoms with van der Waals surface area (Å²) in [6.07, 6.45) is -9.57. The summed E-state index contributed by atoms with van der Waals surface area (Å²) < 4.78 is 69.8. The monoisotopic (exact) mass is 330 g/mol. The zero-order valence-electron chi connectivity index (χ0n) is 10.7. The third-order valence-corrected chi connectivity index (χ3v) is 2.32. The smallest absolute Gasteiger partial charge is 0.469 e. The fraction of sp³-hybridized carbons (Fsp3) is 0.400. The second-order valence-electron chi connectivity index (χ2n) is 3.70. The third kappa shape index (κ3) is 4.23.